The van der Waals surface area contributed by atoms with Gasteiger partial charge in [-0.1, -0.05) is 13.8 Å². The number of aromatic nitrogens is 3. The lowest BCUT2D eigenvalue weighted by Crippen LogP contribution is -2.30. The zero-order valence-electron chi connectivity index (χ0n) is 13.6. The van der Waals surface area contributed by atoms with Crippen LogP contribution in [0.3, 0.4) is 0 Å². The van der Waals surface area contributed by atoms with Crippen LogP contribution in [0.15, 0.2) is 36.9 Å². The molecule has 0 bridgehead atoms. The molecule has 2 N–H and O–H groups in total. The molecule has 0 radical (unpaired) electrons. The first-order valence-corrected chi connectivity index (χ1v) is 7.94. The van der Waals surface area contributed by atoms with Gasteiger partial charge in [-0.05, 0) is 48.9 Å². The summed E-state index contributed by atoms with van der Waals surface area (Å²) in [4.78, 5) is 12.2. The molecule has 2 rings (SSSR count). The number of rotatable bonds is 8. The second-order valence-electron chi connectivity index (χ2n) is 6.13. The van der Waals surface area contributed by atoms with E-state index in [2.05, 4.69) is 29.4 Å². The van der Waals surface area contributed by atoms with Gasteiger partial charge in [-0.15, -0.1) is 10.2 Å². The average Bonchev–Trinajstić information content (AvgIpc) is 3.06. The summed E-state index contributed by atoms with van der Waals surface area (Å²) in [5, 5.41) is 19.6. The maximum atomic E-state index is 12.2. The summed E-state index contributed by atoms with van der Waals surface area (Å²) in [5.74, 6) is 0.763. The quantitative estimate of drug-likeness (QED) is 0.781. The first-order chi connectivity index (χ1) is 11.1. The molecule has 0 aliphatic heterocycles. The number of hydrogen-bond donors (Lipinski definition) is 2. The summed E-state index contributed by atoms with van der Waals surface area (Å²) in [6.45, 7) is 5.04. The van der Waals surface area contributed by atoms with Crippen molar-refractivity contribution in [3.05, 3.63) is 42.5 Å². The zero-order chi connectivity index (χ0) is 16.7. The predicted molar refractivity (Wildman–Crippen MR) is 88.3 cm³/mol. The highest BCUT2D eigenvalue weighted by atomic mass is 16.3. The number of benzene rings is 1. The van der Waals surface area contributed by atoms with Gasteiger partial charge in [0.15, 0.2) is 0 Å². The Morgan fingerprint density at radius 3 is 2.43 bits per heavy atom. The minimum absolute atomic E-state index is 0.0907. The van der Waals surface area contributed by atoms with Crippen molar-refractivity contribution in [3.8, 4) is 5.69 Å². The van der Waals surface area contributed by atoms with E-state index in [-0.39, 0.29) is 12.5 Å². The van der Waals surface area contributed by atoms with Gasteiger partial charge in [0.25, 0.3) is 5.91 Å². The van der Waals surface area contributed by atoms with Crippen molar-refractivity contribution in [3.63, 3.8) is 0 Å². The molecule has 1 heterocycles. The van der Waals surface area contributed by atoms with E-state index in [1.165, 1.54) is 0 Å². The minimum Gasteiger partial charge on any atom is -0.396 e. The summed E-state index contributed by atoms with van der Waals surface area (Å²) in [7, 11) is 0. The number of amides is 1. The maximum Gasteiger partial charge on any atom is 0.251 e. The van der Waals surface area contributed by atoms with Gasteiger partial charge >= 0.3 is 0 Å². The van der Waals surface area contributed by atoms with Gasteiger partial charge in [0.1, 0.15) is 12.7 Å². The summed E-state index contributed by atoms with van der Waals surface area (Å²) in [5.41, 5.74) is 1.53. The highest BCUT2D eigenvalue weighted by molar-refractivity contribution is 5.94. The number of nitrogens with zero attached hydrogens (tertiary/aromatic N) is 3. The zero-order valence-corrected chi connectivity index (χ0v) is 13.6. The van der Waals surface area contributed by atoms with Gasteiger partial charge in [-0.2, -0.15) is 0 Å². The van der Waals surface area contributed by atoms with E-state index < -0.39 is 0 Å². The summed E-state index contributed by atoms with van der Waals surface area (Å²) >= 11 is 0. The van der Waals surface area contributed by atoms with E-state index in [1.54, 1.807) is 29.4 Å². The van der Waals surface area contributed by atoms with Crippen molar-refractivity contribution >= 4 is 5.91 Å². The number of aliphatic hydroxyl groups is 1. The number of hydrogen-bond acceptors (Lipinski definition) is 4. The molecule has 0 aliphatic carbocycles. The molecule has 0 aliphatic rings. The van der Waals surface area contributed by atoms with E-state index in [1.807, 2.05) is 12.1 Å². The van der Waals surface area contributed by atoms with Crippen LogP contribution < -0.4 is 5.32 Å². The second kappa shape index (κ2) is 8.43. The normalized spacial score (nSPS) is 12.3. The van der Waals surface area contributed by atoms with Gasteiger partial charge in [0.2, 0.25) is 0 Å². The molecule has 6 heteroatoms. The molecule has 1 unspecified atom stereocenters. The molecule has 0 saturated carbocycles. The SMILES string of the molecule is CC(C)CC(CCO)CNC(=O)c1ccc(-n2cnnc2)cc1. The summed E-state index contributed by atoms with van der Waals surface area (Å²) < 4.78 is 1.78. The predicted octanol–water partition coefficient (Wildman–Crippen LogP) is 2.04. The lowest BCUT2D eigenvalue weighted by molar-refractivity contribution is 0.0941. The average molecular weight is 316 g/mol. The smallest absolute Gasteiger partial charge is 0.251 e. The third-order valence-corrected chi connectivity index (χ3v) is 3.74. The van der Waals surface area contributed by atoms with Crippen molar-refractivity contribution in [2.24, 2.45) is 11.8 Å². The van der Waals surface area contributed by atoms with Crippen LogP contribution in [0.4, 0.5) is 0 Å². The van der Waals surface area contributed by atoms with Crippen LogP contribution in [0.25, 0.3) is 5.69 Å². The van der Waals surface area contributed by atoms with Crippen LogP contribution >= 0.6 is 0 Å². The van der Waals surface area contributed by atoms with E-state index >= 15 is 0 Å². The Bertz CT molecular complexity index is 594. The Morgan fingerprint density at radius 2 is 1.87 bits per heavy atom. The Labute approximate surface area is 136 Å². The maximum absolute atomic E-state index is 12.2. The minimum atomic E-state index is -0.0907. The highest BCUT2D eigenvalue weighted by Gasteiger charge is 2.13. The molecule has 1 aromatic heterocycles. The Hall–Kier alpha value is -2.21. The molecule has 1 aromatic carbocycles. The van der Waals surface area contributed by atoms with Crippen LogP contribution in [0.2, 0.25) is 0 Å². The second-order valence-corrected chi connectivity index (χ2v) is 6.13. The molecule has 0 saturated heterocycles. The molecule has 2 aromatic rings. The molecule has 124 valence electrons. The Balaban J connectivity index is 1.92. The van der Waals surface area contributed by atoms with Gasteiger partial charge in [-0.3, -0.25) is 9.36 Å². The lowest BCUT2D eigenvalue weighted by Gasteiger charge is -2.18. The van der Waals surface area contributed by atoms with Gasteiger partial charge in [0.05, 0.1) is 0 Å². The molecule has 0 fully saturated rings. The molecular weight excluding hydrogens is 292 g/mol. The molecule has 1 atom stereocenters. The van der Waals surface area contributed by atoms with E-state index in [9.17, 15) is 4.79 Å². The molecule has 6 nitrogen and oxygen atoms in total. The third kappa shape index (κ3) is 5.17. The van der Waals surface area contributed by atoms with Crippen molar-refractivity contribution in [1.82, 2.24) is 20.1 Å². The highest BCUT2D eigenvalue weighted by Crippen LogP contribution is 2.15. The number of nitrogens with one attached hydrogen (secondary N) is 1. The molecular formula is C17H24N4O2. The van der Waals surface area contributed by atoms with Crippen molar-refractivity contribution in [2.75, 3.05) is 13.2 Å². The summed E-state index contributed by atoms with van der Waals surface area (Å²) in [6, 6.07) is 7.29. The van der Waals surface area contributed by atoms with Crippen molar-refractivity contribution in [1.29, 1.82) is 0 Å². The third-order valence-electron chi connectivity index (χ3n) is 3.74. The monoisotopic (exact) mass is 316 g/mol. The fourth-order valence-electron chi connectivity index (χ4n) is 2.61. The Kier molecular flexibility index (Phi) is 6.29. The van der Waals surface area contributed by atoms with Crippen molar-refractivity contribution < 1.29 is 9.90 Å². The van der Waals surface area contributed by atoms with Gasteiger partial charge in [0, 0.05) is 24.4 Å². The standard InChI is InChI=1S/C17H24N4O2/c1-13(2)9-14(7-8-22)10-18-17(23)15-3-5-16(6-4-15)21-11-19-20-12-21/h3-6,11-14,22H,7-10H2,1-2H3,(H,18,23). The van der Waals surface area contributed by atoms with Gasteiger partial charge < -0.3 is 10.4 Å². The molecule has 0 spiro atoms. The first kappa shape index (κ1) is 17.1. The topological polar surface area (TPSA) is 80.0 Å². The van der Waals surface area contributed by atoms with Gasteiger partial charge in [-0.25, -0.2) is 0 Å². The number of carbonyl (C=O) groups is 1. The van der Waals surface area contributed by atoms with Crippen LogP contribution in [0.1, 0.15) is 37.0 Å². The van der Waals surface area contributed by atoms with E-state index in [0.29, 0.717) is 30.4 Å². The first-order valence-electron chi connectivity index (χ1n) is 7.94. The van der Waals surface area contributed by atoms with Crippen LogP contribution in [-0.4, -0.2) is 38.9 Å². The van der Waals surface area contributed by atoms with Crippen LogP contribution in [0.5, 0.6) is 0 Å². The van der Waals surface area contributed by atoms with E-state index in [0.717, 1.165) is 12.1 Å². The fraction of sp³-hybridized carbons (Fsp3) is 0.471. The van der Waals surface area contributed by atoms with E-state index in [4.69, 9.17) is 5.11 Å². The largest absolute Gasteiger partial charge is 0.396 e. The van der Waals surface area contributed by atoms with Crippen LogP contribution in [0, 0.1) is 11.8 Å². The van der Waals surface area contributed by atoms with Crippen LogP contribution in [-0.2, 0) is 0 Å². The fourth-order valence-corrected chi connectivity index (χ4v) is 2.61. The lowest BCUT2D eigenvalue weighted by atomic mass is 9.94. The number of aliphatic hydroxyl groups excluding tert-OH is 1. The molecule has 1 amide bonds. The summed E-state index contributed by atoms with van der Waals surface area (Å²) in [6.07, 6.45) is 4.93. The Morgan fingerprint density at radius 1 is 1.22 bits per heavy atom. The number of carbonyl (C=O) groups excluding carboxylic acids is 1. The molecule has 23 heavy (non-hydrogen) atoms. The van der Waals surface area contributed by atoms with Crippen molar-refractivity contribution in [2.45, 2.75) is 26.7 Å².